The molecule has 0 amide bonds. The van der Waals surface area contributed by atoms with Gasteiger partial charge in [0.05, 0.1) is 6.61 Å². The molecule has 2 aromatic carbocycles. The Morgan fingerprint density at radius 2 is 1.28 bits per heavy atom. The molecule has 1 fully saturated rings. The lowest BCUT2D eigenvalue weighted by Gasteiger charge is -2.29. The Kier molecular flexibility index (Phi) is 9.12. The molecule has 1 saturated carbocycles. The quantitative estimate of drug-likeness (QED) is 0.347. The van der Waals surface area contributed by atoms with Crippen LogP contribution in [0.15, 0.2) is 48.5 Å². The molecule has 0 atom stereocenters. The van der Waals surface area contributed by atoms with Crippen LogP contribution in [0.25, 0.3) is 11.1 Å². The highest BCUT2D eigenvalue weighted by molar-refractivity contribution is 5.64. The molecule has 0 aromatic heterocycles. The third-order valence-corrected chi connectivity index (χ3v) is 6.65. The van der Waals surface area contributed by atoms with Crippen molar-refractivity contribution in [2.24, 2.45) is 5.92 Å². The van der Waals surface area contributed by atoms with E-state index in [2.05, 4.69) is 62.4 Å². The Morgan fingerprint density at radius 3 is 1.90 bits per heavy atom. The first-order valence-corrected chi connectivity index (χ1v) is 12.1. The molecule has 1 aliphatic carbocycles. The van der Waals surface area contributed by atoms with Crippen molar-refractivity contribution in [1.82, 2.24) is 0 Å². The van der Waals surface area contributed by atoms with E-state index in [4.69, 9.17) is 4.74 Å². The SMILES string of the molecule is CCCCCOc1ccc(-c2ccc(C3CCC(CCCCC)CC3)cc2)cc1. The second-order valence-electron chi connectivity index (χ2n) is 8.92. The number of hydrogen-bond donors (Lipinski definition) is 0. The van der Waals surface area contributed by atoms with E-state index in [1.165, 1.54) is 80.9 Å². The van der Waals surface area contributed by atoms with Gasteiger partial charge in [0.1, 0.15) is 5.75 Å². The van der Waals surface area contributed by atoms with Gasteiger partial charge in [0, 0.05) is 0 Å². The van der Waals surface area contributed by atoms with Gasteiger partial charge in [-0.05, 0) is 72.8 Å². The molecule has 0 spiro atoms. The Morgan fingerprint density at radius 1 is 0.690 bits per heavy atom. The number of ether oxygens (including phenoxy) is 1. The van der Waals surface area contributed by atoms with Crippen LogP contribution in [0.3, 0.4) is 0 Å². The van der Waals surface area contributed by atoms with Crippen molar-refractivity contribution < 1.29 is 4.74 Å². The third-order valence-electron chi connectivity index (χ3n) is 6.65. The minimum Gasteiger partial charge on any atom is -0.494 e. The molecule has 3 rings (SSSR count). The van der Waals surface area contributed by atoms with Crippen molar-refractivity contribution in [3.8, 4) is 16.9 Å². The van der Waals surface area contributed by atoms with Crippen LogP contribution in [0.2, 0.25) is 0 Å². The molecule has 1 heteroatoms. The summed E-state index contributed by atoms with van der Waals surface area (Å²) >= 11 is 0. The van der Waals surface area contributed by atoms with Crippen LogP contribution in [0.4, 0.5) is 0 Å². The Bertz CT molecular complexity index is 677. The van der Waals surface area contributed by atoms with Gasteiger partial charge in [-0.1, -0.05) is 88.8 Å². The molecule has 0 radical (unpaired) electrons. The van der Waals surface area contributed by atoms with Gasteiger partial charge < -0.3 is 4.74 Å². The molecule has 29 heavy (non-hydrogen) atoms. The molecule has 0 heterocycles. The predicted octanol–water partition coefficient (Wildman–Crippen LogP) is 8.78. The van der Waals surface area contributed by atoms with Gasteiger partial charge in [-0.15, -0.1) is 0 Å². The zero-order valence-electron chi connectivity index (χ0n) is 18.7. The van der Waals surface area contributed by atoms with Crippen molar-refractivity contribution in [2.45, 2.75) is 90.4 Å². The maximum Gasteiger partial charge on any atom is 0.119 e. The molecule has 0 saturated heterocycles. The predicted molar refractivity (Wildman–Crippen MR) is 126 cm³/mol. The summed E-state index contributed by atoms with van der Waals surface area (Å²) in [6, 6.07) is 17.9. The van der Waals surface area contributed by atoms with E-state index < -0.39 is 0 Å². The van der Waals surface area contributed by atoms with E-state index in [0.29, 0.717) is 0 Å². The van der Waals surface area contributed by atoms with E-state index in [9.17, 15) is 0 Å². The monoisotopic (exact) mass is 392 g/mol. The molecular weight excluding hydrogens is 352 g/mol. The molecule has 1 nitrogen and oxygen atoms in total. The molecule has 0 aliphatic heterocycles. The minimum absolute atomic E-state index is 0.769. The van der Waals surface area contributed by atoms with Gasteiger partial charge >= 0.3 is 0 Å². The molecule has 1 aliphatic rings. The summed E-state index contributed by atoms with van der Waals surface area (Å²) in [5, 5.41) is 0. The zero-order valence-corrected chi connectivity index (χ0v) is 18.7. The summed E-state index contributed by atoms with van der Waals surface area (Å²) in [5.41, 5.74) is 4.12. The number of rotatable bonds is 11. The van der Waals surface area contributed by atoms with Crippen molar-refractivity contribution >= 4 is 0 Å². The Labute approximate surface area is 178 Å². The van der Waals surface area contributed by atoms with Crippen LogP contribution in [0.5, 0.6) is 5.75 Å². The van der Waals surface area contributed by atoms with Crippen molar-refractivity contribution in [2.75, 3.05) is 6.61 Å². The summed E-state index contributed by atoms with van der Waals surface area (Å²) in [6.45, 7) is 5.35. The van der Waals surface area contributed by atoms with Gasteiger partial charge in [0.25, 0.3) is 0 Å². The average molecular weight is 393 g/mol. The second-order valence-corrected chi connectivity index (χ2v) is 8.92. The second kappa shape index (κ2) is 12.1. The van der Waals surface area contributed by atoms with Crippen LogP contribution in [-0.2, 0) is 0 Å². The van der Waals surface area contributed by atoms with Gasteiger partial charge in [-0.3, -0.25) is 0 Å². The molecule has 0 N–H and O–H groups in total. The fourth-order valence-corrected chi connectivity index (χ4v) is 4.70. The first-order chi connectivity index (χ1) is 14.3. The summed E-state index contributed by atoms with van der Waals surface area (Å²) in [7, 11) is 0. The highest BCUT2D eigenvalue weighted by atomic mass is 16.5. The van der Waals surface area contributed by atoms with Crippen LogP contribution in [0.1, 0.15) is 96.0 Å². The maximum atomic E-state index is 5.84. The van der Waals surface area contributed by atoms with Gasteiger partial charge in [-0.2, -0.15) is 0 Å². The Balaban J connectivity index is 1.49. The number of unbranched alkanes of at least 4 members (excludes halogenated alkanes) is 4. The molecule has 0 unspecified atom stereocenters. The van der Waals surface area contributed by atoms with Gasteiger partial charge in [-0.25, -0.2) is 0 Å². The average Bonchev–Trinajstić information content (AvgIpc) is 2.78. The lowest BCUT2D eigenvalue weighted by atomic mass is 9.77. The van der Waals surface area contributed by atoms with Crippen LogP contribution in [-0.4, -0.2) is 6.61 Å². The summed E-state index contributed by atoms with van der Waals surface area (Å²) in [5.74, 6) is 2.74. The van der Waals surface area contributed by atoms with Gasteiger partial charge in [0.15, 0.2) is 0 Å². The van der Waals surface area contributed by atoms with Crippen molar-refractivity contribution in [3.05, 3.63) is 54.1 Å². The first-order valence-electron chi connectivity index (χ1n) is 12.1. The van der Waals surface area contributed by atoms with E-state index in [1.54, 1.807) is 0 Å². The normalized spacial score (nSPS) is 19.2. The standard InChI is InChI=1S/C28H40O/c1-3-5-7-9-23-10-12-24(13-11-23)25-14-16-26(17-15-25)27-18-20-28(21-19-27)29-22-8-6-4-2/h14-21,23-24H,3-13,22H2,1-2H3. The summed E-state index contributed by atoms with van der Waals surface area (Å²) < 4.78 is 5.84. The summed E-state index contributed by atoms with van der Waals surface area (Å²) in [6.07, 6.45) is 14.9. The van der Waals surface area contributed by atoms with Crippen molar-refractivity contribution in [1.29, 1.82) is 0 Å². The number of hydrogen-bond acceptors (Lipinski definition) is 1. The largest absolute Gasteiger partial charge is 0.494 e. The van der Waals surface area contributed by atoms with Gasteiger partial charge in [0.2, 0.25) is 0 Å². The fraction of sp³-hybridized carbons (Fsp3) is 0.571. The Hall–Kier alpha value is -1.76. The van der Waals surface area contributed by atoms with E-state index >= 15 is 0 Å². The molecular formula is C28H40O. The molecule has 158 valence electrons. The lowest BCUT2D eigenvalue weighted by Crippen LogP contribution is -2.13. The fourth-order valence-electron chi connectivity index (χ4n) is 4.70. The third kappa shape index (κ3) is 6.91. The van der Waals surface area contributed by atoms with E-state index in [-0.39, 0.29) is 0 Å². The summed E-state index contributed by atoms with van der Waals surface area (Å²) in [4.78, 5) is 0. The van der Waals surface area contributed by atoms with Crippen LogP contribution in [0, 0.1) is 5.92 Å². The molecule has 0 bridgehead atoms. The topological polar surface area (TPSA) is 9.23 Å². The number of benzene rings is 2. The van der Waals surface area contributed by atoms with Crippen molar-refractivity contribution in [3.63, 3.8) is 0 Å². The maximum absolute atomic E-state index is 5.84. The zero-order chi connectivity index (χ0) is 20.3. The van der Waals surface area contributed by atoms with Crippen LogP contribution < -0.4 is 4.74 Å². The minimum atomic E-state index is 0.769. The smallest absolute Gasteiger partial charge is 0.119 e. The van der Waals surface area contributed by atoms with E-state index in [1.807, 2.05) is 0 Å². The molecule has 2 aromatic rings. The van der Waals surface area contributed by atoms with Crippen LogP contribution >= 0.6 is 0 Å². The van der Waals surface area contributed by atoms with E-state index in [0.717, 1.165) is 30.6 Å². The highest BCUT2D eigenvalue weighted by Gasteiger charge is 2.22. The highest BCUT2D eigenvalue weighted by Crippen LogP contribution is 2.38. The first kappa shape index (κ1) is 21.9. The lowest BCUT2D eigenvalue weighted by molar-refractivity contribution is 0.303.